The zero-order chi connectivity index (χ0) is 40.8. The first kappa shape index (κ1) is 40.7. The van der Waals surface area contributed by atoms with Gasteiger partial charge in [0, 0.05) is 56.8 Å². The van der Waals surface area contributed by atoms with Crippen LogP contribution in [0.25, 0.3) is 11.3 Å². The first-order valence-corrected chi connectivity index (χ1v) is 20.3. The Labute approximate surface area is 339 Å². The van der Waals surface area contributed by atoms with E-state index in [0.29, 0.717) is 11.9 Å². The standard InChI is InChI=1S/C42H54N10O3.CH2O2/c1-29-10-8-9-21-50(29)41-46-45-38-20-17-32(28-51(38)41)55-36-19-18-35(33-11-6-7-12-34(33)36)43-40(53)44-39-26-37(42(2,3)4)47-52(39)31-15-13-30(14-16-31)27-48-22-24-49(54-5)25-23-48;2-1-3/h6-7,11-17,20,26,28-29,35-36H,8-10,18-19,21-25,27H2,1-5H3,(H2,43,44,53);1H,(H,2,3)/t29-,35-,36+;/m0./s1. The third kappa shape index (κ3) is 9.27. The molecule has 2 aromatic carbocycles. The van der Waals surface area contributed by atoms with Gasteiger partial charge < -0.3 is 24.9 Å². The molecule has 3 aromatic heterocycles. The molecule has 58 heavy (non-hydrogen) atoms. The fourth-order valence-electron chi connectivity index (χ4n) is 8.12. The summed E-state index contributed by atoms with van der Waals surface area (Å²) in [6, 6.07) is 22.6. The Kier molecular flexibility index (Phi) is 12.6. The number of ether oxygens (including phenoxy) is 1. The molecule has 1 aliphatic carbocycles. The third-order valence-corrected chi connectivity index (χ3v) is 11.3. The second-order valence-corrected chi connectivity index (χ2v) is 16.3. The number of aromatic nitrogens is 5. The van der Waals surface area contributed by atoms with Crippen LogP contribution in [0.1, 0.15) is 94.3 Å². The minimum atomic E-state index is -0.273. The topological polar surface area (TPSA) is 155 Å². The lowest BCUT2D eigenvalue weighted by atomic mass is 9.85. The number of hydrogen-bond donors (Lipinski definition) is 3. The molecular formula is C43H56N10O5. The van der Waals surface area contributed by atoms with Crippen LogP contribution in [-0.2, 0) is 21.6 Å². The second-order valence-electron chi connectivity index (χ2n) is 16.3. The minimum absolute atomic E-state index is 0.155. The Morgan fingerprint density at radius 1 is 0.931 bits per heavy atom. The SMILES string of the molecule is CON1CCN(Cc2ccc(-n3nc(C(C)(C)C)cc3NC(=O)N[C@H]3CC[C@@H](Oc4ccc5nnc(N6CCCC[C@@H]6C)n5c4)c4ccccc43)cc2)CC1.O=CO. The fourth-order valence-corrected chi connectivity index (χ4v) is 8.12. The molecule has 2 amide bonds. The maximum Gasteiger partial charge on any atom is 0.320 e. The monoisotopic (exact) mass is 792 g/mol. The zero-order valence-corrected chi connectivity index (χ0v) is 34.2. The molecule has 3 aliphatic rings. The number of pyridine rings is 1. The molecule has 15 nitrogen and oxygen atoms in total. The number of carbonyl (C=O) groups is 2. The number of piperidine rings is 1. The molecule has 0 bridgehead atoms. The lowest BCUT2D eigenvalue weighted by molar-refractivity contribution is -0.152. The molecule has 0 radical (unpaired) electrons. The van der Waals surface area contributed by atoms with Crippen molar-refractivity contribution < 1.29 is 24.3 Å². The molecule has 2 saturated heterocycles. The maximum absolute atomic E-state index is 13.8. The number of hydroxylamine groups is 2. The lowest BCUT2D eigenvalue weighted by Gasteiger charge is -2.33. The molecule has 2 fully saturated rings. The number of urea groups is 1. The van der Waals surface area contributed by atoms with E-state index in [4.69, 9.17) is 24.6 Å². The zero-order valence-electron chi connectivity index (χ0n) is 34.2. The molecule has 5 aromatic rings. The number of carboxylic acid groups (broad SMARTS) is 1. The van der Waals surface area contributed by atoms with Gasteiger partial charge >= 0.3 is 6.03 Å². The second kappa shape index (κ2) is 18.0. The Balaban J connectivity index is 0.00000166. The van der Waals surface area contributed by atoms with Gasteiger partial charge in [-0.05, 0) is 80.0 Å². The number of amides is 2. The summed E-state index contributed by atoms with van der Waals surface area (Å²) in [5.74, 6) is 2.26. The van der Waals surface area contributed by atoms with Gasteiger partial charge in [-0.2, -0.15) is 10.2 Å². The van der Waals surface area contributed by atoms with Crippen molar-refractivity contribution in [3.05, 3.63) is 95.3 Å². The van der Waals surface area contributed by atoms with Crippen LogP contribution in [0, 0.1) is 0 Å². The number of carbonyl (C=O) groups excluding carboxylic acids is 1. The van der Waals surface area contributed by atoms with Crippen molar-refractivity contribution in [2.75, 3.05) is 50.1 Å². The number of nitrogens with one attached hydrogen (secondary N) is 2. The summed E-state index contributed by atoms with van der Waals surface area (Å²) in [6.07, 6.45) is 6.89. The van der Waals surface area contributed by atoms with Crippen molar-refractivity contribution in [3.63, 3.8) is 0 Å². The van der Waals surface area contributed by atoms with Gasteiger partial charge in [0.15, 0.2) is 5.65 Å². The predicted octanol–water partition coefficient (Wildman–Crippen LogP) is 6.75. The Hall–Kier alpha value is -5.51. The van der Waals surface area contributed by atoms with Gasteiger partial charge in [0.1, 0.15) is 17.7 Å². The normalized spacial score (nSPS) is 20.2. The van der Waals surface area contributed by atoms with Gasteiger partial charge in [0.05, 0.1) is 30.7 Å². The highest BCUT2D eigenvalue weighted by atomic mass is 16.7. The molecule has 3 N–H and O–H groups in total. The van der Waals surface area contributed by atoms with Crippen molar-refractivity contribution in [2.24, 2.45) is 0 Å². The average Bonchev–Trinajstić information content (AvgIpc) is 3.84. The third-order valence-electron chi connectivity index (χ3n) is 11.3. The smallest absolute Gasteiger partial charge is 0.320 e. The largest absolute Gasteiger partial charge is 0.484 e. The number of nitrogens with zero attached hydrogens (tertiary/aromatic N) is 8. The van der Waals surface area contributed by atoms with Gasteiger partial charge in [-0.1, -0.05) is 57.2 Å². The molecule has 8 rings (SSSR count). The average molecular weight is 793 g/mol. The summed E-state index contributed by atoms with van der Waals surface area (Å²) in [5.41, 5.74) is 5.77. The molecular weight excluding hydrogens is 737 g/mol. The highest BCUT2D eigenvalue weighted by molar-refractivity contribution is 5.89. The first-order chi connectivity index (χ1) is 28.0. The van der Waals surface area contributed by atoms with Crippen molar-refractivity contribution in [1.82, 2.24) is 39.7 Å². The summed E-state index contributed by atoms with van der Waals surface area (Å²) in [4.78, 5) is 32.3. The van der Waals surface area contributed by atoms with E-state index in [9.17, 15) is 4.79 Å². The van der Waals surface area contributed by atoms with E-state index in [-0.39, 0.29) is 30.1 Å². The van der Waals surface area contributed by atoms with Gasteiger partial charge in [-0.15, -0.1) is 10.2 Å². The van der Waals surface area contributed by atoms with Crippen LogP contribution in [0.5, 0.6) is 5.75 Å². The van der Waals surface area contributed by atoms with E-state index in [1.165, 1.54) is 12.0 Å². The van der Waals surface area contributed by atoms with Crippen molar-refractivity contribution in [2.45, 2.75) is 89.9 Å². The van der Waals surface area contributed by atoms with E-state index < -0.39 is 0 Å². The van der Waals surface area contributed by atoms with E-state index in [0.717, 1.165) is 105 Å². The van der Waals surface area contributed by atoms with Crippen LogP contribution >= 0.6 is 0 Å². The van der Waals surface area contributed by atoms with Crippen LogP contribution in [0.4, 0.5) is 16.6 Å². The molecule has 308 valence electrons. The molecule has 3 atom stereocenters. The van der Waals surface area contributed by atoms with Gasteiger partial charge in [0.2, 0.25) is 5.95 Å². The minimum Gasteiger partial charge on any atom is -0.484 e. The summed E-state index contributed by atoms with van der Waals surface area (Å²) in [7, 11) is 1.73. The predicted molar refractivity (Wildman–Crippen MR) is 222 cm³/mol. The lowest BCUT2D eigenvalue weighted by Crippen LogP contribution is -2.45. The summed E-state index contributed by atoms with van der Waals surface area (Å²) >= 11 is 0. The summed E-state index contributed by atoms with van der Waals surface area (Å²) in [6.45, 7) is 14.0. The number of rotatable bonds is 9. The van der Waals surface area contributed by atoms with Crippen LogP contribution in [0.15, 0.2) is 72.9 Å². The van der Waals surface area contributed by atoms with Gasteiger partial charge in [-0.25, -0.2) is 9.48 Å². The molecule has 0 spiro atoms. The van der Waals surface area contributed by atoms with Crippen molar-refractivity contribution in [3.8, 4) is 11.4 Å². The quantitative estimate of drug-likeness (QED) is 0.136. The van der Waals surface area contributed by atoms with Crippen LogP contribution in [-0.4, -0.2) is 97.8 Å². The maximum atomic E-state index is 13.8. The number of benzene rings is 2. The van der Waals surface area contributed by atoms with Crippen LogP contribution < -0.4 is 20.3 Å². The van der Waals surface area contributed by atoms with E-state index in [1.54, 1.807) is 7.11 Å². The van der Waals surface area contributed by atoms with Gasteiger partial charge in [-0.3, -0.25) is 19.4 Å². The van der Waals surface area contributed by atoms with E-state index in [2.05, 4.69) is 99.1 Å². The van der Waals surface area contributed by atoms with Crippen LogP contribution in [0.3, 0.4) is 0 Å². The van der Waals surface area contributed by atoms with Crippen LogP contribution in [0.2, 0.25) is 0 Å². The first-order valence-electron chi connectivity index (χ1n) is 20.3. The molecule has 2 aliphatic heterocycles. The summed E-state index contributed by atoms with van der Waals surface area (Å²) in [5, 5.41) is 29.3. The Morgan fingerprint density at radius 2 is 1.67 bits per heavy atom. The van der Waals surface area contributed by atoms with Crippen molar-refractivity contribution >= 4 is 29.9 Å². The van der Waals surface area contributed by atoms with E-state index >= 15 is 0 Å². The number of piperazine rings is 1. The fraction of sp³-hybridized carbons (Fsp3) is 0.465. The Bertz CT molecular complexity index is 2150. The Morgan fingerprint density at radius 3 is 2.38 bits per heavy atom. The highest BCUT2D eigenvalue weighted by Crippen LogP contribution is 2.39. The van der Waals surface area contributed by atoms with Crippen molar-refractivity contribution in [1.29, 1.82) is 0 Å². The van der Waals surface area contributed by atoms with Gasteiger partial charge in [0.25, 0.3) is 6.47 Å². The molecule has 0 unspecified atom stereocenters. The number of hydrogen-bond acceptors (Lipinski definition) is 10. The number of fused-ring (bicyclic) bond motifs is 2. The molecule has 0 saturated carbocycles. The molecule has 5 heterocycles. The van der Waals surface area contributed by atoms with E-state index in [1.807, 2.05) is 46.3 Å². The summed E-state index contributed by atoms with van der Waals surface area (Å²) < 4.78 is 10.6. The highest BCUT2D eigenvalue weighted by Gasteiger charge is 2.31. The number of anilines is 2. The molecule has 15 heteroatoms.